The SMILES string of the molecule is CCO[C@@H]1C[C@@H](N(C)C(=O)c2cc(C)n(C)n2)C12CCCC2. The van der Waals surface area contributed by atoms with E-state index in [1.807, 2.05) is 32.0 Å². The van der Waals surface area contributed by atoms with E-state index >= 15 is 0 Å². The van der Waals surface area contributed by atoms with Crippen LogP contribution in [0.3, 0.4) is 0 Å². The number of amides is 1. The molecule has 2 atom stereocenters. The molecule has 1 aromatic heterocycles. The van der Waals surface area contributed by atoms with Crippen molar-refractivity contribution in [1.82, 2.24) is 14.7 Å². The van der Waals surface area contributed by atoms with E-state index in [1.165, 1.54) is 25.7 Å². The fourth-order valence-electron chi connectivity index (χ4n) is 4.38. The van der Waals surface area contributed by atoms with Crippen LogP contribution in [-0.4, -0.2) is 46.4 Å². The van der Waals surface area contributed by atoms with Gasteiger partial charge in [-0.15, -0.1) is 0 Å². The number of ether oxygens (including phenoxy) is 1. The quantitative estimate of drug-likeness (QED) is 0.859. The van der Waals surface area contributed by atoms with E-state index in [2.05, 4.69) is 12.0 Å². The van der Waals surface area contributed by atoms with Crippen molar-refractivity contribution in [1.29, 1.82) is 0 Å². The minimum atomic E-state index is 0.0370. The van der Waals surface area contributed by atoms with Crippen LogP contribution in [0.2, 0.25) is 0 Å². The molecule has 0 unspecified atom stereocenters. The van der Waals surface area contributed by atoms with Crippen LogP contribution in [0.25, 0.3) is 0 Å². The molecule has 0 saturated heterocycles. The number of aromatic nitrogens is 2. The standard InChI is InChI=1S/C17H27N3O2/c1-5-22-15-11-14(17(15)8-6-7-9-17)19(3)16(21)13-10-12(2)20(4)18-13/h10,14-15H,5-9,11H2,1-4H3/t14-,15-/m1/s1. The van der Waals surface area contributed by atoms with Gasteiger partial charge in [-0.1, -0.05) is 12.8 Å². The Hall–Kier alpha value is -1.36. The minimum Gasteiger partial charge on any atom is -0.378 e. The van der Waals surface area contributed by atoms with Gasteiger partial charge in [-0.25, -0.2) is 0 Å². The van der Waals surface area contributed by atoms with Gasteiger partial charge in [0, 0.05) is 37.9 Å². The van der Waals surface area contributed by atoms with Crippen molar-refractivity contribution >= 4 is 5.91 Å². The molecule has 5 nitrogen and oxygen atoms in total. The maximum Gasteiger partial charge on any atom is 0.274 e. The molecule has 0 N–H and O–H groups in total. The van der Waals surface area contributed by atoms with Crippen LogP contribution in [0.5, 0.6) is 0 Å². The first-order valence-electron chi connectivity index (χ1n) is 8.39. The van der Waals surface area contributed by atoms with Gasteiger partial charge >= 0.3 is 0 Å². The molecule has 1 aromatic rings. The Morgan fingerprint density at radius 1 is 1.50 bits per heavy atom. The van der Waals surface area contributed by atoms with Crippen LogP contribution in [0.1, 0.15) is 55.2 Å². The summed E-state index contributed by atoms with van der Waals surface area (Å²) < 4.78 is 7.71. The van der Waals surface area contributed by atoms with Gasteiger partial charge in [0.05, 0.1) is 6.10 Å². The molecule has 1 amide bonds. The van der Waals surface area contributed by atoms with Crippen molar-refractivity contribution in [2.24, 2.45) is 12.5 Å². The van der Waals surface area contributed by atoms with Gasteiger partial charge in [-0.3, -0.25) is 9.48 Å². The summed E-state index contributed by atoms with van der Waals surface area (Å²) in [5, 5.41) is 4.34. The number of hydrogen-bond acceptors (Lipinski definition) is 3. The average Bonchev–Trinajstić information content (AvgIpc) is 3.11. The second-order valence-electron chi connectivity index (χ2n) is 6.85. The molecule has 0 aromatic carbocycles. The van der Waals surface area contributed by atoms with E-state index < -0.39 is 0 Å². The molecule has 2 aliphatic rings. The molecule has 22 heavy (non-hydrogen) atoms. The summed E-state index contributed by atoms with van der Waals surface area (Å²) in [6.07, 6.45) is 6.16. The summed E-state index contributed by atoms with van der Waals surface area (Å²) in [6, 6.07) is 2.17. The maximum absolute atomic E-state index is 12.8. The highest BCUT2D eigenvalue weighted by atomic mass is 16.5. The van der Waals surface area contributed by atoms with E-state index in [0.29, 0.717) is 17.8 Å². The highest BCUT2D eigenvalue weighted by Gasteiger charge is 2.58. The molecular formula is C17H27N3O2. The Balaban J connectivity index is 1.77. The first kappa shape index (κ1) is 15.5. The van der Waals surface area contributed by atoms with Crippen LogP contribution in [0.15, 0.2) is 6.07 Å². The predicted molar refractivity (Wildman–Crippen MR) is 84.8 cm³/mol. The third-order valence-corrected chi connectivity index (χ3v) is 5.77. The molecule has 2 saturated carbocycles. The van der Waals surface area contributed by atoms with Gasteiger partial charge in [-0.2, -0.15) is 5.10 Å². The molecular weight excluding hydrogens is 278 g/mol. The number of nitrogens with zero attached hydrogens (tertiary/aromatic N) is 3. The summed E-state index contributed by atoms with van der Waals surface area (Å²) in [6.45, 7) is 4.79. The summed E-state index contributed by atoms with van der Waals surface area (Å²) >= 11 is 0. The molecule has 0 aliphatic heterocycles. The molecule has 0 bridgehead atoms. The molecule has 5 heteroatoms. The monoisotopic (exact) mass is 305 g/mol. The third-order valence-electron chi connectivity index (χ3n) is 5.77. The molecule has 0 radical (unpaired) electrons. The van der Waals surface area contributed by atoms with Gasteiger partial charge in [-0.05, 0) is 39.2 Å². The van der Waals surface area contributed by atoms with Crippen molar-refractivity contribution in [3.05, 3.63) is 17.5 Å². The first-order valence-corrected chi connectivity index (χ1v) is 8.39. The molecule has 122 valence electrons. The number of hydrogen-bond donors (Lipinski definition) is 0. The van der Waals surface area contributed by atoms with Crippen LogP contribution in [0.4, 0.5) is 0 Å². The van der Waals surface area contributed by atoms with Crippen LogP contribution >= 0.6 is 0 Å². The topological polar surface area (TPSA) is 47.4 Å². The van der Waals surface area contributed by atoms with Crippen molar-refractivity contribution in [3.63, 3.8) is 0 Å². The second-order valence-corrected chi connectivity index (χ2v) is 6.85. The van der Waals surface area contributed by atoms with Gasteiger partial charge < -0.3 is 9.64 Å². The lowest BCUT2D eigenvalue weighted by atomic mass is 9.60. The predicted octanol–water partition coefficient (Wildman–Crippen LogP) is 2.54. The van der Waals surface area contributed by atoms with Crippen molar-refractivity contribution in [3.8, 4) is 0 Å². The van der Waals surface area contributed by atoms with E-state index in [4.69, 9.17) is 4.74 Å². The van der Waals surface area contributed by atoms with Crippen molar-refractivity contribution < 1.29 is 9.53 Å². The van der Waals surface area contributed by atoms with Gasteiger partial charge in [0.2, 0.25) is 0 Å². The molecule has 1 spiro atoms. The van der Waals surface area contributed by atoms with Crippen molar-refractivity contribution in [2.45, 2.75) is 58.1 Å². The Morgan fingerprint density at radius 2 is 2.18 bits per heavy atom. The zero-order valence-electron chi connectivity index (χ0n) is 14.1. The Kier molecular flexibility index (Phi) is 4.02. The number of rotatable bonds is 4. The third kappa shape index (κ3) is 2.26. The van der Waals surface area contributed by atoms with E-state index in [0.717, 1.165) is 18.7 Å². The van der Waals surface area contributed by atoms with Crippen LogP contribution in [-0.2, 0) is 11.8 Å². The molecule has 1 heterocycles. The van der Waals surface area contributed by atoms with E-state index in [9.17, 15) is 4.79 Å². The summed E-state index contributed by atoms with van der Waals surface area (Å²) in [4.78, 5) is 14.7. The molecule has 3 rings (SSSR count). The van der Waals surface area contributed by atoms with Crippen molar-refractivity contribution in [2.75, 3.05) is 13.7 Å². The fraction of sp³-hybridized carbons (Fsp3) is 0.765. The Morgan fingerprint density at radius 3 is 2.73 bits per heavy atom. The summed E-state index contributed by atoms with van der Waals surface area (Å²) in [5.41, 5.74) is 1.74. The van der Waals surface area contributed by atoms with Gasteiger partial charge in [0.15, 0.2) is 5.69 Å². The van der Waals surface area contributed by atoms with E-state index in [-0.39, 0.29) is 11.3 Å². The normalized spacial score (nSPS) is 26.2. The zero-order valence-corrected chi connectivity index (χ0v) is 14.1. The first-order chi connectivity index (χ1) is 10.5. The van der Waals surface area contributed by atoms with Gasteiger partial charge in [0.25, 0.3) is 5.91 Å². The maximum atomic E-state index is 12.8. The summed E-state index contributed by atoms with van der Waals surface area (Å²) in [5.74, 6) is 0.0370. The molecule has 2 fully saturated rings. The average molecular weight is 305 g/mol. The minimum absolute atomic E-state index is 0.0370. The summed E-state index contributed by atoms with van der Waals surface area (Å²) in [7, 11) is 3.80. The lowest BCUT2D eigenvalue weighted by molar-refractivity contribution is -0.152. The second kappa shape index (κ2) is 5.69. The molecule has 2 aliphatic carbocycles. The zero-order chi connectivity index (χ0) is 15.9. The highest BCUT2D eigenvalue weighted by Crippen LogP contribution is 2.56. The largest absolute Gasteiger partial charge is 0.378 e. The fourth-order valence-corrected chi connectivity index (χ4v) is 4.38. The van der Waals surface area contributed by atoms with Crippen LogP contribution < -0.4 is 0 Å². The Bertz CT molecular complexity index is 541. The highest BCUT2D eigenvalue weighted by molar-refractivity contribution is 5.92. The Labute approximate surface area is 132 Å². The van der Waals surface area contributed by atoms with Gasteiger partial charge in [0.1, 0.15) is 0 Å². The lowest BCUT2D eigenvalue weighted by Gasteiger charge is -2.56. The number of carbonyl (C=O) groups excluding carboxylic acids is 1. The lowest BCUT2D eigenvalue weighted by Crippen LogP contribution is -2.64. The number of carbonyl (C=O) groups is 1. The van der Waals surface area contributed by atoms with Crippen LogP contribution in [0, 0.1) is 12.3 Å². The number of aryl methyl sites for hydroxylation is 2. The smallest absolute Gasteiger partial charge is 0.274 e. The van der Waals surface area contributed by atoms with E-state index in [1.54, 1.807) is 4.68 Å².